The zero-order valence-corrected chi connectivity index (χ0v) is 32.7. The van der Waals surface area contributed by atoms with Crippen LogP contribution in [0, 0.1) is 0 Å². The van der Waals surface area contributed by atoms with Gasteiger partial charge in [-0.2, -0.15) is 0 Å². The van der Waals surface area contributed by atoms with Crippen molar-refractivity contribution in [3.63, 3.8) is 0 Å². The van der Waals surface area contributed by atoms with Crippen LogP contribution < -0.4 is 5.32 Å². The maximum absolute atomic E-state index is 12.3. The Kier molecular flexibility index (Phi) is 27.3. The number of alkyl carbamates (subject to hydrolysis) is 1. The summed E-state index contributed by atoms with van der Waals surface area (Å²) in [4.78, 5) is 23.1. The molecule has 1 N–H and O–H groups in total. The summed E-state index contributed by atoms with van der Waals surface area (Å²) in [5, 5.41) is 2.80. The molecule has 0 aromatic heterocycles. The number of esters is 1. The SMILES string of the molecule is C=CC(=O)OCCOCCOCCOCCOCCOCCOCCOCCOCCOCCOCCCNC(=O)OCC1c2ccccc2-c2ccccc21. The molecule has 0 unspecified atom stereocenters. The first kappa shape index (κ1) is 46.9. The molecule has 0 atom stereocenters. The molecular formula is C41H61NO14. The summed E-state index contributed by atoms with van der Waals surface area (Å²) in [6, 6.07) is 16.5. The van der Waals surface area contributed by atoms with Gasteiger partial charge >= 0.3 is 12.1 Å². The molecule has 56 heavy (non-hydrogen) atoms. The minimum absolute atomic E-state index is 0.0456. The molecule has 0 saturated heterocycles. The molecule has 314 valence electrons. The molecule has 0 fully saturated rings. The molecule has 0 bridgehead atoms. The van der Waals surface area contributed by atoms with E-state index in [4.69, 9.17) is 56.8 Å². The number of nitrogens with one attached hydrogen (secondary N) is 1. The Morgan fingerprint density at radius 3 is 1.20 bits per heavy atom. The van der Waals surface area contributed by atoms with Crippen molar-refractivity contribution in [3.05, 3.63) is 72.3 Å². The van der Waals surface area contributed by atoms with Gasteiger partial charge in [-0.25, -0.2) is 9.59 Å². The maximum atomic E-state index is 12.3. The lowest BCUT2D eigenvalue weighted by Crippen LogP contribution is -2.27. The summed E-state index contributed by atoms with van der Waals surface area (Å²) < 4.78 is 65.0. The van der Waals surface area contributed by atoms with Crippen molar-refractivity contribution in [2.45, 2.75) is 12.3 Å². The van der Waals surface area contributed by atoms with E-state index in [-0.39, 0.29) is 12.5 Å². The fourth-order valence-electron chi connectivity index (χ4n) is 5.36. The molecule has 1 amide bonds. The second kappa shape index (κ2) is 32.6. The summed E-state index contributed by atoms with van der Waals surface area (Å²) in [5.41, 5.74) is 4.79. The Bertz CT molecular complexity index is 1270. The molecule has 15 nitrogen and oxygen atoms in total. The molecule has 0 aliphatic heterocycles. The highest BCUT2D eigenvalue weighted by molar-refractivity contribution is 5.81. The number of fused-ring (bicyclic) bond motifs is 3. The number of hydrogen-bond acceptors (Lipinski definition) is 14. The average molecular weight is 792 g/mol. The van der Waals surface area contributed by atoms with Gasteiger partial charge in [0.05, 0.1) is 126 Å². The summed E-state index contributed by atoms with van der Waals surface area (Å²) in [7, 11) is 0. The van der Waals surface area contributed by atoms with Gasteiger partial charge in [0.2, 0.25) is 0 Å². The number of rotatable bonds is 37. The van der Waals surface area contributed by atoms with Crippen LogP contribution in [0.5, 0.6) is 0 Å². The van der Waals surface area contributed by atoms with Crippen molar-refractivity contribution in [2.75, 3.05) is 152 Å². The molecule has 0 saturated carbocycles. The van der Waals surface area contributed by atoms with Crippen LogP contribution in [0.3, 0.4) is 0 Å². The maximum Gasteiger partial charge on any atom is 0.407 e. The highest BCUT2D eigenvalue weighted by atomic mass is 16.6. The summed E-state index contributed by atoms with van der Waals surface area (Å²) >= 11 is 0. The van der Waals surface area contributed by atoms with Gasteiger partial charge in [-0.1, -0.05) is 55.1 Å². The molecule has 0 heterocycles. The van der Waals surface area contributed by atoms with Crippen LogP contribution in [0.25, 0.3) is 11.1 Å². The Morgan fingerprint density at radius 2 is 0.821 bits per heavy atom. The van der Waals surface area contributed by atoms with Crippen molar-refractivity contribution < 1.29 is 66.4 Å². The van der Waals surface area contributed by atoms with Gasteiger partial charge < -0.3 is 62.2 Å². The minimum atomic E-state index is -0.463. The molecular weight excluding hydrogens is 730 g/mol. The van der Waals surface area contributed by atoms with Crippen molar-refractivity contribution in [1.29, 1.82) is 0 Å². The van der Waals surface area contributed by atoms with Crippen molar-refractivity contribution in [1.82, 2.24) is 5.32 Å². The molecule has 0 radical (unpaired) electrons. The van der Waals surface area contributed by atoms with Crippen molar-refractivity contribution in [2.24, 2.45) is 0 Å². The number of carbonyl (C=O) groups is 2. The van der Waals surface area contributed by atoms with E-state index in [1.165, 1.54) is 22.3 Å². The Balaban J connectivity index is 0.940. The van der Waals surface area contributed by atoms with Crippen LogP contribution in [0.15, 0.2) is 61.2 Å². The van der Waals surface area contributed by atoms with Gasteiger partial charge in [0.25, 0.3) is 0 Å². The predicted octanol–water partition coefficient (Wildman–Crippen LogP) is 3.81. The quantitative estimate of drug-likeness (QED) is 0.0599. The second-order valence-corrected chi connectivity index (χ2v) is 12.1. The average Bonchev–Trinajstić information content (AvgIpc) is 3.54. The zero-order chi connectivity index (χ0) is 39.6. The number of ether oxygens (including phenoxy) is 12. The summed E-state index contributed by atoms with van der Waals surface area (Å²) in [6.07, 6.45) is 1.37. The zero-order valence-electron chi connectivity index (χ0n) is 32.7. The fourth-order valence-corrected chi connectivity index (χ4v) is 5.36. The van der Waals surface area contributed by atoms with E-state index in [0.717, 1.165) is 6.08 Å². The van der Waals surface area contributed by atoms with Crippen LogP contribution in [-0.2, 0) is 61.6 Å². The van der Waals surface area contributed by atoms with Crippen LogP contribution in [0.4, 0.5) is 4.79 Å². The Morgan fingerprint density at radius 1 is 0.482 bits per heavy atom. The topological polar surface area (TPSA) is 157 Å². The second-order valence-electron chi connectivity index (χ2n) is 12.1. The van der Waals surface area contributed by atoms with Crippen molar-refractivity contribution in [3.8, 4) is 11.1 Å². The van der Waals surface area contributed by atoms with Crippen LogP contribution >= 0.6 is 0 Å². The van der Waals surface area contributed by atoms with E-state index < -0.39 is 12.1 Å². The molecule has 0 spiro atoms. The highest BCUT2D eigenvalue weighted by Crippen LogP contribution is 2.44. The summed E-state index contributed by atoms with van der Waals surface area (Å²) in [5.74, 6) is -0.417. The first-order valence-electron chi connectivity index (χ1n) is 19.4. The lowest BCUT2D eigenvalue weighted by molar-refractivity contribution is -0.139. The third-order valence-electron chi connectivity index (χ3n) is 8.07. The number of carbonyl (C=O) groups excluding carboxylic acids is 2. The van der Waals surface area contributed by atoms with Gasteiger partial charge in [-0.3, -0.25) is 0 Å². The molecule has 3 rings (SSSR count). The largest absolute Gasteiger partial charge is 0.460 e. The van der Waals surface area contributed by atoms with E-state index in [0.29, 0.717) is 152 Å². The smallest absolute Gasteiger partial charge is 0.407 e. The van der Waals surface area contributed by atoms with Gasteiger partial charge in [-0.05, 0) is 28.7 Å². The third-order valence-corrected chi connectivity index (χ3v) is 8.07. The first-order chi connectivity index (χ1) is 27.7. The predicted molar refractivity (Wildman–Crippen MR) is 207 cm³/mol. The number of amides is 1. The number of hydrogen-bond donors (Lipinski definition) is 1. The molecule has 1 aliphatic rings. The standard InChI is InChI=1S/C41H61NO14/c1-2-40(43)55-33-32-54-31-30-53-29-28-52-27-26-51-25-24-50-23-22-49-21-20-48-19-18-47-17-16-46-15-14-45-13-7-12-42-41(44)56-34-39-37-10-5-3-8-35(37)36-9-4-6-11-38(36)39/h2-6,8-11,39H,1,7,12-34H2,(H,42,44). The van der Waals surface area contributed by atoms with E-state index in [9.17, 15) is 9.59 Å². The van der Waals surface area contributed by atoms with E-state index in [2.05, 4.69) is 36.2 Å². The van der Waals surface area contributed by atoms with E-state index in [1.54, 1.807) is 0 Å². The summed E-state index contributed by atoms with van der Waals surface area (Å²) in [6.45, 7) is 13.6. The molecule has 15 heteroatoms. The molecule has 2 aromatic carbocycles. The highest BCUT2D eigenvalue weighted by Gasteiger charge is 2.28. The third kappa shape index (κ3) is 21.7. The first-order valence-corrected chi connectivity index (χ1v) is 19.4. The van der Waals surface area contributed by atoms with Gasteiger partial charge in [0, 0.05) is 25.1 Å². The van der Waals surface area contributed by atoms with Crippen LogP contribution in [0.2, 0.25) is 0 Å². The number of benzene rings is 2. The van der Waals surface area contributed by atoms with Crippen molar-refractivity contribution >= 4 is 12.1 Å². The Hall–Kier alpha value is -3.48. The van der Waals surface area contributed by atoms with Crippen LogP contribution in [0.1, 0.15) is 23.5 Å². The Labute approximate surface area is 331 Å². The lowest BCUT2D eigenvalue weighted by atomic mass is 9.98. The van der Waals surface area contributed by atoms with Crippen LogP contribution in [-0.4, -0.2) is 164 Å². The molecule has 1 aliphatic carbocycles. The normalized spacial score (nSPS) is 12.0. The molecule has 2 aromatic rings. The van der Waals surface area contributed by atoms with Gasteiger partial charge in [0.15, 0.2) is 0 Å². The monoisotopic (exact) mass is 791 g/mol. The van der Waals surface area contributed by atoms with E-state index >= 15 is 0 Å². The van der Waals surface area contributed by atoms with E-state index in [1.807, 2.05) is 24.3 Å². The minimum Gasteiger partial charge on any atom is -0.460 e. The fraction of sp³-hybridized carbons (Fsp3) is 0.610. The van der Waals surface area contributed by atoms with Gasteiger partial charge in [0.1, 0.15) is 13.2 Å². The van der Waals surface area contributed by atoms with Gasteiger partial charge in [-0.15, -0.1) is 0 Å². The lowest BCUT2D eigenvalue weighted by Gasteiger charge is -2.14.